The number of ether oxygens (including phenoxy) is 2. The van der Waals surface area contributed by atoms with Crippen molar-refractivity contribution >= 4 is 5.78 Å². The lowest BCUT2D eigenvalue weighted by atomic mass is 9.79. The molecule has 1 spiro atoms. The molecule has 1 saturated carbocycles. The Labute approximate surface area is 115 Å². The number of ketones is 1. The molecule has 19 heavy (non-hydrogen) atoms. The highest BCUT2D eigenvalue weighted by atomic mass is 16.7. The van der Waals surface area contributed by atoms with Gasteiger partial charge in [-0.05, 0) is 24.3 Å². The molecule has 2 fully saturated rings. The van der Waals surface area contributed by atoms with E-state index in [0.717, 1.165) is 38.0 Å². The smallest absolute Gasteiger partial charge is 0.174 e. The molecule has 0 bridgehead atoms. The maximum atomic E-state index is 12.0. The Morgan fingerprint density at radius 1 is 1.32 bits per heavy atom. The summed E-state index contributed by atoms with van der Waals surface area (Å²) in [5.41, 5.74) is 1.07. The third-order valence-corrected chi connectivity index (χ3v) is 4.86. The fourth-order valence-corrected chi connectivity index (χ4v) is 3.63. The van der Waals surface area contributed by atoms with Gasteiger partial charge in [0.05, 0.1) is 13.2 Å². The van der Waals surface area contributed by atoms with Crippen molar-refractivity contribution in [2.75, 3.05) is 13.2 Å². The van der Waals surface area contributed by atoms with Gasteiger partial charge in [-0.25, -0.2) is 0 Å². The zero-order valence-electron chi connectivity index (χ0n) is 12.2. The average molecular weight is 264 g/mol. The van der Waals surface area contributed by atoms with E-state index in [0.29, 0.717) is 18.1 Å². The largest absolute Gasteiger partial charge is 0.349 e. The molecule has 0 aromatic carbocycles. The van der Waals surface area contributed by atoms with Crippen molar-refractivity contribution in [2.24, 2.45) is 17.3 Å². The SMILES string of the molecule is CCC1=C[C@H]2[C@H](CCC23OCC(C)(C)CO3)CC1=O. The number of rotatable bonds is 1. The molecule has 2 atom stereocenters. The zero-order valence-corrected chi connectivity index (χ0v) is 12.2. The van der Waals surface area contributed by atoms with Crippen molar-refractivity contribution in [2.45, 2.75) is 52.2 Å². The van der Waals surface area contributed by atoms with Gasteiger partial charge in [0.2, 0.25) is 0 Å². The van der Waals surface area contributed by atoms with Crippen molar-refractivity contribution in [3.8, 4) is 0 Å². The van der Waals surface area contributed by atoms with Crippen LogP contribution in [0.1, 0.15) is 46.5 Å². The van der Waals surface area contributed by atoms with E-state index in [1.165, 1.54) is 0 Å². The molecule has 1 aliphatic heterocycles. The van der Waals surface area contributed by atoms with Gasteiger partial charge < -0.3 is 9.47 Å². The Kier molecular flexibility index (Phi) is 3.10. The molecule has 0 aromatic heterocycles. The number of fused-ring (bicyclic) bond motifs is 2. The average Bonchev–Trinajstić information content (AvgIpc) is 2.71. The summed E-state index contributed by atoms with van der Waals surface area (Å²) in [7, 11) is 0. The predicted octanol–water partition coefficient (Wildman–Crippen LogP) is 3.09. The zero-order chi connectivity index (χ0) is 13.7. The van der Waals surface area contributed by atoms with Crippen LogP contribution in [-0.2, 0) is 14.3 Å². The number of Topliss-reactive ketones (excluding diaryl/α,β-unsaturated/α-hetero) is 1. The highest BCUT2D eigenvalue weighted by Gasteiger charge is 2.54. The second-order valence-corrected chi connectivity index (χ2v) is 7.05. The molecule has 0 radical (unpaired) electrons. The van der Waals surface area contributed by atoms with Crippen LogP contribution < -0.4 is 0 Å². The minimum absolute atomic E-state index is 0.102. The third kappa shape index (κ3) is 2.17. The molecule has 0 amide bonds. The summed E-state index contributed by atoms with van der Waals surface area (Å²) in [4.78, 5) is 12.0. The lowest BCUT2D eigenvalue weighted by Crippen LogP contribution is -2.50. The molecule has 0 aromatic rings. The van der Waals surface area contributed by atoms with E-state index >= 15 is 0 Å². The highest BCUT2D eigenvalue weighted by molar-refractivity contribution is 5.96. The van der Waals surface area contributed by atoms with Crippen LogP contribution in [0.5, 0.6) is 0 Å². The molecular formula is C16H24O3. The highest BCUT2D eigenvalue weighted by Crippen LogP contribution is 2.51. The standard InChI is InChI=1S/C16H24O3/c1-4-11-7-13-12(8-14(11)17)5-6-16(13)18-9-15(2,3)10-19-16/h7,12-13H,4-6,8-10H2,1-3H3/t12-,13+/m1/s1. The van der Waals surface area contributed by atoms with Gasteiger partial charge in [-0.15, -0.1) is 0 Å². The van der Waals surface area contributed by atoms with Gasteiger partial charge in [0.25, 0.3) is 0 Å². The first-order chi connectivity index (χ1) is 8.96. The Morgan fingerprint density at radius 3 is 2.63 bits per heavy atom. The molecular weight excluding hydrogens is 240 g/mol. The number of carbonyl (C=O) groups excluding carboxylic acids is 1. The third-order valence-electron chi connectivity index (χ3n) is 4.86. The van der Waals surface area contributed by atoms with Crippen molar-refractivity contribution in [3.05, 3.63) is 11.6 Å². The van der Waals surface area contributed by atoms with Crippen LogP contribution in [0.15, 0.2) is 11.6 Å². The van der Waals surface area contributed by atoms with E-state index in [9.17, 15) is 4.79 Å². The van der Waals surface area contributed by atoms with E-state index in [1.807, 2.05) is 0 Å². The summed E-state index contributed by atoms with van der Waals surface area (Å²) in [6.45, 7) is 7.89. The maximum absolute atomic E-state index is 12.0. The number of hydrogen-bond acceptors (Lipinski definition) is 3. The molecule has 2 aliphatic carbocycles. The van der Waals surface area contributed by atoms with Crippen LogP contribution in [-0.4, -0.2) is 24.8 Å². The summed E-state index contributed by atoms with van der Waals surface area (Å²) in [5, 5.41) is 0. The van der Waals surface area contributed by atoms with Crippen LogP contribution in [0.3, 0.4) is 0 Å². The maximum Gasteiger partial charge on any atom is 0.174 e. The first kappa shape index (κ1) is 13.3. The van der Waals surface area contributed by atoms with Crippen molar-refractivity contribution in [1.29, 1.82) is 0 Å². The van der Waals surface area contributed by atoms with Gasteiger partial charge in [0.15, 0.2) is 11.6 Å². The van der Waals surface area contributed by atoms with Crippen molar-refractivity contribution < 1.29 is 14.3 Å². The Bertz CT molecular complexity index is 412. The summed E-state index contributed by atoms with van der Waals surface area (Å²) >= 11 is 0. The van der Waals surface area contributed by atoms with E-state index in [2.05, 4.69) is 26.8 Å². The summed E-state index contributed by atoms with van der Waals surface area (Å²) in [6.07, 6.45) is 5.64. The van der Waals surface area contributed by atoms with Gasteiger partial charge in [0, 0.05) is 24.2 Å². The van der Waals surface area contributed by atoms with Gasteiger partial charge >= 0.3 is 0 Å². The summed E-state index contributed by atoms with van der Waals surface area (Å²) < 4.78 is 12.3. The Hall–Kier alpha value is -0.670. The number of carbonyl (C=O) groups is 1. The Morgan fingerprint density at radius 2 is 2.00 bits per heavy atom. The molecule has 3 heteroatoms. The molecule has 3 nitrogen and oxygen atoms in total. The topological polar surface area (TPSA) is 35.5 Å². The lowest BCUT2D eigenvalue weighted by molar-refractivity contribution is -0.310. The van der Waals surface area contributed by atoms with E-state index in [-0.39, 0.29) is 11.3 Å². The predicted molar refractivity (Wildman–Crippen MR) is 72.6 cm³/mol. The van der Waals surface area contributed by atoms with Crippen LogP contribution in [0, 0.1) is 17.3 Å². The monoisotopic (exact) mass is 264 g/mol. The van der Waals surface area contributed by atoms with Crippen LogP contribution in [0.2, 0.25) is 0 Å². The molecule has 3 rings (SSSR count). The molecule has 0 N–H and O–H groups in total. The molecule has 3 aliphatic rings. The number of hydrogen-bond donors (Lipinski definition) is 0. The van der Waals surface area contributed by atoms with E-state index < -0.39 is 5.79 Å². The fourth-order valence-electron chi connectivity index (χ4n) is 3.63. The van der Waals surface area contributed by atoms with Crippen LogP contribution in [0.4, 0.5) is 0 Å². The minimum Gasteiger partial charge on any atom is -0.349 e. The molecule has 1 saturated heterocycles. The normalized spacial score (nSPS) is 36.2. The summed E-state index contributed by atoms with van der Waals surface area (Å²) in [5.74, 6) is 0.582. The molecule has 0 unspecified atom stereocenters. The second kappa shape index (κ2) is 4.42. The minimum atomic E-state index is -0.443. The fraction of sp³-hybridized carbons (Fsp3) is 0.812. The quantitative estimate of drug-likeness (QED) is 0.730. The second-order valence-electron chi connectivity index (χ2n) is 7.05. The van der Waals surface area contributed by atoms with Gasteiger partial charge in [-0.3, -0.25) is 4.79 Å². The van der Waals surface area contributed by atoms with Crippen LogP contribution >= 0.6 is 0 Å². The molecule has 106 valence electrons. The van der Waals surface area contributed by atoms with Crippen molar-refractivity contribution in [3.63, 3.8) is 0 Å². The van der Waals surface area contributed by atoms with E-state index in [1.54, 1.807) is 0 Å². The number of allylic oxidation sites excluding steroid dienone is 1. The first-order valence-electron chi connectivity index (χ1n) is 7.48. The molecule has 1 heterocycles. The van der Waals surface area contributed by atoms with Gasteiger partial charge in [-0.1, -0.05) is 26.8 Å². The first-order valence-corrected chi connectivity index (χ1v) is 7.48. The Balaban J connectivity index is 1.85. The van der Waals surface area contributed by atoms with E-state index in [4.69, 9.17) is 9.47 Å². The van der Waals surface area contributed by atoms with Crippen molar-refractivity contribution in [1.82, 2.24) is 0 Å². The van der Waals surface area contributed by atoms with Crippen LogP contribution in [0.25, 0.3) is 0 Å². The summed E-state index contributed by atoms with van der Waals surface area (Å²) in [6, 6.07) is 0. The lowest BCUT2D eigenvalue weighted by Gasteiger charge is -2.45. The van der Waals surface area contributed by atoms with Gasteiger partial charge in [0.1, 0.15) is 0 Å². The van der Waals surface area contributed by atoms with Gasteiger partial charge in [-0.2, -0.15) is 0 Å².